The number of hydrogen-bond donors (Lipinski definition) is 0. The lowest BCUT2D eigenvalue weighted by molar-refractivity contribution is 0.660. The summed E-state index contributed by atoms with van der Waals surface area (Å²) in [4.78, 5) is 2.40. The van der Waals surface area contributed by atoms with Crippen LogP contribution in [0.2, 0.25) is 0 Å². The Morgan fingerprint density at radius 3 is 2.02 bits per heavy atom. The Balaban J connectivity index is 1.20. The Morgan fingerprint density at radius 1 is 0.458 bits per heavy atom. The van der Waals surface area contributed by atoms with Crippen molar-refractivity contribution in [2.75, 3.05) is 4.90 Å². The van der Waals surface area contributed by atoms with Gasteiger partial charge in [-0.2, -0.15) is 0 Å². The fraction of sp³-hybridized carbons (Fsp3) is 0.0667. The van der Waals surface area contributed by atoms with Gasteiger partial charge in [0.05, 0.1) is 11.0 Å². The summed E-state index contributed by atoms with van der Waals surface area (Å²) in [5, 5.41) is 4.72. The first-order valence-electron chi connectivity index (χ1n) is 16.6. The Morgan fingerprint density at radius 2 is 1.12 bits per heavy atom. The fourth-order valence-electron chi connectivity index (χ4n) is 8.08. The van der Waals surface area contributed by atoms with Gasteiger partial charge in [-0.05, 0) is 89.0 Å². The molecule has 0 saturated carbocycles. The number of rotatable bonds is 4. The highest BCUT2D eigenvalue weighted by atomic mass is 16.3. The van der Waals surface area contributed by atoms with Crippen LogP contribution < -0.4 is 4.90 Å². The fourth-order valence-corrected chi connectivity index (χ4v) is 8.08. The summed E-state index contributed by atoms with van der Waals surface area (Å²) >= 11 is 0. The number of para-hydroxylation sites is 3. The summed E-state index contributed by atoms with van der Waals surface area (Å²) in [6, 6.07) is 57.0. The minimum absolute atomic E-state index is 0.0867. The second-order valence-corrected chi connectivity index (χ2v) is 13.4. The molecule has 0 atom stereocenters. The van der Waals surface area contributed by atoms with Crippen LogP contribution in [0.5, 0.6) is 0 Å². The van der Waals surface area contributed by atoms with E-state index in [0.717, 1.165) is 50.2 Å². The van der Waals surface area contributed by atoms with Crippen LogP contribution in [0.4, 0.5) is 17.1 Å². The quantitative estimate of drug-likeness (QED) is 0.196. The van der Waals surface area contributed by atoms with Crippen molar-refractivity contribution < 1.29 is 4.42 Å². The van der Waals surface area contributed by atoms with Crippen LogP contribution >= 0.6 is 0 Å². The Hall–Kier alpha value is -6.06. The Kier molecular flexibility index (Phi) is 5.63. The molecule has 0 N–H and O–H groups in total. The topological polar surface area (TPSA) is 21.3 Å². The normalized spacial score (nSPS) is 13.4. The lowest BCUT2D eigenvalue weighted by Crippen LogP contribution is -2.16. The first-order valence-corrected chi connectivity index (χ1v) is 16.6. The van der Waals surface area contributed by atoms with Crippen LogP contribution in [0.3, 0.4) is 0 Å². The van der Waals surface area contributed by atoms with Gasteiger partial charge in [0.2, 0.25) is 0 Å². The van der Waals surface area contributed by atoms with Gasteiger partial charge in [-0.3, -0.25) is 0 Å². The van der Waals surface area contributed by atoms with E-state index in [9.17, 15) is 0 Å². The van der Waals surface area contributed by atoms with Crippen molar-refractivity contribution in [1.82, 2.24) is 4.57 Å². The Labute approximate surface area is 278 Å². The van der Waals surface area contributed by atoms with Crippen molar-refractivity contribution in [2.24, 2.45) is 0 Å². The van der Waals surface area contributed by atoms with E-state index in [2.05, 4.69) is 169 Å². The number of nitrogens with zero attached hydrogens (tertiary/aromatic N) is 2. The van der Waals surface area contributed by atoms with Crippen LogP contribution in [0.1, 0.15) is 25.0 Å². The third-order valence-corrected chi connectivity index (χ3v) is 10.4. The highest BCUT2D eigenvalue weighted by Gasteiger charge is 2.35. The second kappa shape index (κ2) is 9.97. The minimum Gasteiger partial charge on any atom is -0.456 e. The largest absolute Gasteiger partial charge is 0.456 e. The highest BCUT2D eigenvalue weighted by molar-refractivity contribution is 6.11. The molecule has 0 amide bonds. The van der Waals surface area contributed by atoms with Gasteiger partial charge in [0.15, 0.2) is 0 Å². The van der Waals surface area contributed by atoms with Gasteiger partial charge < -0.3 is 13.9 Å². The standard InChI is InChI=1S/C45H32N2O/c1-45(2)39-17-9-6-14-33(39)34-23-20-31(27-40(34)45)46(29-12-4-3-5-13-29)32-21-24-36-35-15-7-10-18-41(35)47(42(36)28-32)30-22-25-44-38(26-30)37-16-8-11-19-43(37)48-44/h3-28H,1-2H3. The summed E-state index contributed by atoms with van der Waals surface area (Å²) < 4.78 is 8.60. The molecule has 2 aromatic heterocycles. The van der Waals surface area contributed by atoms with Crippen molar-refractivity contribution in [3.05, 3.63) is 169 Å². The molecule has 1 aliphatic carbocycles. The molecule has 48 heavy (non-hydrogen) atoms. The Bertz CT molecular complexity index is 2710. The first kappa shape index (κ1) is 27.1. The highest BCUT2D eigenvalue weighted by Crippen LogP contribution is 2.51. The maximum absolute atomic E-state index is 6.20. The summed E-state index contributed by atoms with van der Waals surface area (Å²) in [7, 11) is 0. The maximum Gasteiger partial charge on any atom is 0.135 e. The molecule has 3 heteroatoms. The van der Waals surface area contributed by atoms with Crippen LogP contribution in [0.15, 0.2) is 162 Å². The van der Waals surface area contributed by atoms with Crippen LogP contribution in [-0.4, -0.2) is 4.57 Å². The van der Waals surface area contributed by atoms with E-state index in [1.807, 2.05) is 12.1 Å². The van der Waals surface area contributed by atoms with Crippen LogP contribution in [0.25, 0.3) is 60.6 Å². The van der Waals surface area contributed by atoms with Crippen molar-refractivity contribution in [3.63, 3.8) is 0 Å². The zero-order valence-corrected chi connectivity index (χ0v) is 26.8. The molecule has 1 aliphatic rings. The lowest BCUT2D eigenvalue weighted by atomic mass is 9.82. The minimum atomic E-state index is -0.0867. The summed E-state index contributed by atoms with van der Waals surface area (Å²) in [6.45, 7) is 4.69. The predicted molar refractivity (Wildman–Crippen MR) is 200 cm³/mol. The molecule has 10 rings (SSSR count). The third kappa shape index (κ3) is 3.82. The van der Waals surface area contributed by atoms with Gasteiger partial charge in [-0.25, -0.2) is 0 Å². The van der Waals surface area contributed by atoms with E-state index in [-0.39, 0.29) is 5.41 Å². The van der Waals surface area contributed by atoms with Crippen molar-refractivity contribution >= 4 is 60.8 Å². The van der Waals surface area contributed by atoms with E-state index in [1.54, 1.807) is 0 Å². The van der Waals surface area contributed by atoms with Gasteiger partial charge in [0.25, 0.3) is 0 Å². The van der Waals surface area contributed by atoms with E-state index < -0.39 is 0 Å². The van der Waals surface area contributed by atoms with E-state index >= 15 is 0 Å². The zero-order chi connectivity index (χ0) is 32.0. The van der Waals surface area contributed by atoms with E-state index in [4.69, 9.17) is 4.42 Å². The second-order valence-electron chi connectivity index (χ2n) is 13.4. The lowest BCUT2D eigenvalue weighted by Gasteiger charge is -2.28. The third-order valence-electron chi connectivity index (χ3n) is 10.4. The number of furan rings is 1. The first-order chi connectivity index (χ1) is 23.6. The van der Waals surface area contributed by atoms with Crippen LogP contribution in [-0.2, 0) is 5.41 Å². The molecule has 0 saturated heterocycles. The summed E-state index contributed by atoms with van der Waals surface area (Å²) in [5.41, 5.74) is 14.0. The van der Waals surface area contributed by atoms with Crippen molar-refractivity contribution in [1.29, 1.82) is 0 Å². The SMILES string of the molecule is CC1(C)c2ccccc2-c2ccc(N(c3ccccc3)c3ccc4c5ccccc5n(-c5ccc6oc7ccccc7c6c5)c4c3)cc21. The molecule has 0 aliphatic heterocycles. The molecule has 2 heterocycles. The van der Waals surface area contributed by atoms with Crippen molar-refractivity contribution in [2.45, 2.75) is 19.3 Å². The van der Waals surface area contributed by atoms with Crippen molar-refractivity contribution in [3.8, 4) is 16.8 Å². The molecular weight excluding hydrogens is 585 g/mol. The summed E-state index contributed by atoms with van der Waals surface area (Å²) in [6.07, 6.45) is 0. The van der Waals surface area contributed by atoms with Gasteiger partial charge in [0, 0.05) is 49.7 Å². The average molecular weight is 617 g/mol. The molecular formula is C45H32N2O. The monoisotopic (exact) mass is 616 g/mol. The average Bonchev–Trinajstić information content (AvgIpc) is 3.74. The van der Waals surface area contributed by atoms with Gasteiger partial charge >= 0.3 is 0 Å². The number of hydrogen-bond acceptors (Lipinski definition) is 2. The van der Waals surface area contributed by atoms with E-state index in [0.29, 0.717) is 0 Å². The molecule has 0 fully saturated rings. The molecule has 0 radical (unpaired) electrons. The number of aromatic nitrogens is 1. The zero-order valence-electron chi connectivity index (χ0n) is 26.8. The molecule has 0 spiro atoms. The molecule has 9 aromatic rings. The molecule has 7 aromatic carbocycles. The van der Waals surface area contributed by atoms with E-state index in [1.165, 1.54) is 38.5 Å². The molecule has 0 bridgehead atoms. The van der Waals surface area contributed by atoms with Crippen LogP contribution in [0, 0.1) is 0 Å². The van der Waals surface area contributed by atoms with Gasteiger partial charge in [-0.15, -0.1) is 0 Å². The summed E-state index contributed by atoms with van der Waals surface area (Å²) in [5.74, 6) is 0. The predicted octanol–water partition coefficient (Wildman–Crippen LogP) is 12.5. The van der Waals surface area contributed by atoms with Gasteiger partial charge in [-0.1, -0.05) is 105 Å². The van der Waals surface area contributed by atoms with Gasteiger partial charge in [0.1, 0.15) is 11.2 Å². The molecule has 0 unspecified atom stereocenters. The smallest absolute Gasteiger partial charge is 0.135 e. The molecule has 228 valence electrons. The molecule has 3 nitrogen and oxygen atoms in total. The number of benzene rings is 7. The maximum atomic E-state index is 6.20. The number of fused-ring (bicyclic) bond motifs is 9. The number of anilines is 3.